The van der Waals surface area contributed by atoms with Crippen molar-refractivity contribution in [3.8, 4) is 5.69 Å². The molecule has 0 aliphatic carbocycles. The van der Waals surface area contributed by atoms with Crippen LogP contribution in [0.5, 0.6) is 0 Å². The van der Waals surface area contributed by atoms with E-state index in [9.17, 15) is 18.0 Å². The van der Waals surface area contributed by atoms with Crippen LogP contribution in [0.2, 0.25) is 0 Å². The van der Waals surface area contributed by atoms with Crippen molar-refractivity contribution in [1.82, 2.24) is 9.78 Å². The van der Waals surface area contributed by atoms with Crippen LogP contribution in [-0.2, 0) is 11.0 Å². The topological polar surface area (TPSA) is 72.9 Å². The summed E-state index contributed by atoms with van der Waals surface area (Å²) in [5.41, 5.74) is 4.99. The van der Waals surface area contributed by atoms with E-state index in [4.69, 9.17) is 5.73 Å². The number of amides is 1. The Hall–Kier alpha value is -2.35. The van der Waals surface area contributed by atoms with Gasteiger partial charge in [-0.1, -0.05) is 13.8 Å². The van der Waals surface area contributed by atoms with E-state index in [0.717, 1.165) is 16.9 Å². The van der Waals surface area contributed by atoms with Crippen LogP contribution in [0, 0.1) is 5.41 Å². The smallest absolute Gasteiger partial charge is 0.329 e. The van der Waals surface area contributed by atoms with Crippen LogP contribution in [0.25, 0.3) is 5.69 Å². The molecule has 0 saturated carbocycles. The van der Waals surface area contributed by atoms with Crippen molar-refractivity contribution in [1.29, 1.82) is 0 Å². The summed E-state index contributed by atoms with van der Waals surface area (Å²) in [5.74, 6) is -0.192. The first kappa shape index (κ1) is 19.0. The minimum atomic E-state index is -4.49. The van der Waals surface area contributed by atoms with Gasteiger partial charge in [-0.05, 0) is 43.2 Å². The summed E-state index contributed by atoms with van der Waals surface area (Å²) in [6.07, 6.45) is -2.19. The van der Waals surface area contributed by atoms with Gasteiger partial charge in [0, 0.05) is 12.2 Å². The molecule has 2 aromatic rings. The average molecular weight is 354 g/mol. The largest absolute Gasteiger partial charge is 0.433 e. The Morgan fingerprint density at radius 2 is 1.76 bits per heavy atom. The molecule has 0 fully saturated rings. The van der Waals surface area contributed by atoms with Gasteiger partial charge in [-0.25, -0.2) is 4.68 Å². The molecule has 0 atom stereocenters. The summed E-state index contributed by atoms with van der Waals surface area (Å²) in [7, 11) is 0. The maximum Gasteiger partial charge on any atom is 0.433 e. The van der Waals surface area contributed by atoms with E-state index in [-0.39, 0.29) is 18.1 Å². The van der Waals surface area contributed by atoms with Crippen molar-refractivity contribution in [3.63, 3.8) is 0 Å². The van der Waals surface area contributed by atoms with E-state index >= 15 is 0 Å². The molecule has 0 aliphatic rings. The normalized spacial score (nSPS) is 12.2. The Morgan fingerprint density at radius 3 is 2.24 bits per heavy atom. The Kier molecular flexibility index (Phi) is 5.52. The van der Waals surface area contributed by atoms with Crippen molar-refractivity contribution >= 4 is 11.6 Å². The van der Waals surface area contributed by atoms with Gasteiger partial charge in [-0.2, -0.15) is 18.3 Å². The number of anilines is 1. The lowest BCUT2D eigenvalue weighted by atomic mass is 9.81. The highest BCUT2D eigenvalue weighted by atomic mass is 19.4. The first-order chi connectivity index (χ1) is 11.8. The van der Waals surface area contributed by atoms with Crippen molar-refractivity contribution in [3.05, 3.63) is 42.2 Å². The molecule has 25 heavy (non-hydrogen) atoms. The zero-order chi connectivity index (χ0) is 18.7. The van der Waals surface area contributed by atoms with Crippen molar-refractivity contribution in [2.45, 2.75) is 32.9 Å². The zero-order valence-electron chi connectivity index (χ0n) is 14.1. The number of hydrogen-bond donors (Lipinski definition) is 2. The number of nitrogens with two attached hydrogens (primary N) is 1. The second kappa shape index (κ2) is 7.26. The molecule has 3 N–H and O–H groups in total. The van der Waals surface area contributed by atoms with E-state index in [0.29, 0.717) is 18.5 Å². The van der Waals surface area contributed by atoms with Gasteiger partial charge < -0.3 is 11.1 Å². The van der Waals surface area contributed by atoms with Crippen LogP contribution in [0.4, 0.5) is 18.9 Å². The number of aromatic nitrogens is 2. The van der Waals surface area contributed by atoms with Crippen molar-refractivity contribution < 1.29 is 18.0 Å². The number of halogens is 3. The van der Waals surface area contributed by atoms with E-state index in [1.807, 2.05) is 13.8 Å². The quantitative estimate of drug-likeness (QED) is 0.832. The molecular formula is C17H21F3N4O. The first-order valence-electron chi connectivity index (χ1n) is 8.00. The van der Waals surface area contributed by atoms with E-state index < -0.39 is 17.3 Å². The molecule has 0 unspecified atom stereocenters. The summed E-state index contributed by atoms with van der Waals surface area (Å²) < 4.78 is 39.6. The van der Waals surface area contributed by atoms with Crippen molar-refractivity contribution in [2.75, 3.05) is 11.9 Å². The monoisotopic (exact) mass is 354 g/mol. The van der Waals surface area contributed by atoms with Crippen LogP contribution in [0.1, 0.15) is 32.4 Å². The van der Waals surface area contributed by atoms with E-state index in [2.05, 4.69) is 10.4 Å². The SMILES string of the molecule is CCC(CC)(CN)C(=O)Nc1ccc(-n2nccc2C(F)(F)F)cc1. The predicted octanol–water partition coefficient (Wildman–Crippen LogP) is 3.59. The number of carbonyl (C=O) groups is 1. The Labute approximate surface area is 144 Å². The highest BCUT2D eigenvalue weighted by Crippen LogP contribution is 2.31. The molecular weight excluding hydrogens is 333 g/mol. The fourth-order valence-electron chi connectivity index (χ4n) is 2.63. The Balaban J connectivity index is 2.21. The number of rotatable bonds is 6. The second-order valence-electron chi connectivity index (χ2n) is 5.82. The van der Waals surface area contributed by atoms with Gasteiger partial charge in [0.05, 0.1) is 17.3 Å². The molecule has 0 bridgehead atoms. The first-order valence-corrected chi connectivity index (χ1v) is 8.00. The van der Waals surface area contributed by atoms with Gasteiger partial charge in [0.2, 0.25) is 5.91 Å². The Morgan fingerprint density at radius 1 is 1.16 bits per heavy atom. The molecule has 0 radical (unpaired) electrons. The fraction of sp³-hybridized carbons (Fsp3) is 0.412. The lowest BCUT2D eigenvalue weighted by Crippen LogP contribution is -2.41. The average Bonchev–Trinajstić information content (AvgIpc) is 3.08. The highest BCUT2D eigenvalue weighted by Gasteiger charge is 2.35. The number of nitrogens with zero attached hydrogens (tertiary/aromatic N) is 2. The number of hydrogen-bond acceptors (Lipinski definition) is 3. The maximum absolute atomic E-state index is 12.9. The van der Waals surface area contributed by atoms with Gasteiger partial charge in [-0.15, -0.1) is 0 Å². The highest BCUT2D eigenvalue weighted by molar-refractivity contribution is 5.95. The van der Waals surface area contributed by atoms with Crippen LogP contribution in [0.3, 0.4) is 0 Å². The maximum atomic E-state index is 12.9. The molecule has 136 valence electrons. The van der Waals surface area contributed by atoms with Crippen LogP contribution in [-0.4, -0.2) is 22.2 Å². The van der Waals surface area contributed by atoms with Crippen molar-refractivity contribution in [2.24, 2.45) is 11.1 Å². The summed E-state index contributed by atoms with van der Waals surface area (Å²) in [4.78, 5) is 12.5. The summed E-state index contributed by atoms with van der Waals surface area (Å²) >= 11 is 0. The molecule has 1 heterocycles. The van der Waals surface area contributed by atoms with Crippen LogP contribution in [0.15, 0.2) is 36.5 Å². The second-order valence-corrected chi connectivity index (χ2v) is 5.82. The third kappa shape index (κ3) is 3.84. The minimum absolute atomic E-state index is 0.192. The molecule has 0 saturated heterocycles. The third-order valence-corrected chi connectivity index (χ3v) is 4.53. The fourth-order valence-corrected chi connectivity index (χ4v) is 2.63. The molecule has 1 aromatic carbocycles. The molecule has 0 spiro atoms. The van der Waals surface area contributed by atoms with Gasteiger partial charge in [0.1, 0.15) is 5.69 Å². The van der Waals surface area contributed by atoms with E-state index in [1.54, 1.807) is 12.1 Å². The molecule has 0 aliphatic heterocycles. The Bertz CT molecular complexity index is 710. The third-order valence-electron chi connectivity index (χ3n) is 4.53. The zero-order valence-corrected chi connectivity index (χ0v) is 14.1. The summed E-state index contributed by atoms with van der Waals surface area (Å²) in [6.45, 7) is 4.02. The van der Waals surface area contributed by atoms with Gasteiger partial charge in [0.25, 0.3) is 0 Å². The lowest BCUT2D eigenvalue weighted by molar-refractivity contribution is -0.142. The number of alkyl halides is 3. The molecule has 1 amide bonds. The van der Waals surface area contributed by atoms with Gasteiger partial charge >= 0.3 is 6.18 Å². The molecule has 8 heteroatoms. The summed E-state index contributed by atoms with van der Waals surface area (Å²) in [6, 6.07) is 6.94. The van der Waals surface area contributed by atoms with Crippen LogP contribution < -0.4 is 11.1 Å². The minimum Gasteiger partial charge on any atom is -0.329 e. The lowest BCUT2D eigenvalue weighted by Gasteiger charge is -2.28. The molecule has 1 aromatic heterocycles. The standard InChI is InChI=1S/C17H21F3N4O/c1-3-16(4-2,11-21)15(25)23-12-5-7-13(8-6-12)24-14(9-10-22-24)17(18,19)20/h5-10H,3-4,11,21H2,1-2H3,(H,23,25). The number of benzene rings is 1. The molecule has 2 rings (SSSR count). The number of nitrogens with one attached hydrogen (secondary N) is 1. The van der Waals surface area contributed by atoms with Gasteiger partial charge in [0.15, 0.2) is 0 Å². The summed E-state index contributed by atoms with van der Waals surface area (Å²) in [5, 5.41) is 6.50. The van der Waals surface area contributed by atoms with Crippen LogP contribution >= 0.6 is 0 Å². The van der Waals surface area contributed by atoms with Gasteiger partial charge in [-0.3, -0.25) is 4.79 Å². The predicted molar refractivity (Wildman–Crippen MR) is 89.3 cm³/mol. The van der Waals surface area contributed by atoms with E-state index in [1.165, 1.54) is 12.1 Å². The number of carbonyl (C=O) groups excluding carboxylic acids is 1. The molecule has 5 nitrogen and oxygen atoms in total.